The lowest BCUT2D eigenvalue weighted by molar-refractivity contribution is -0.245. The van der Waals surface area contributed by atoms with Crippen LogP contribution < -0.4 is 0 Å². The second-order valence-electron chi connectivity index (χ2n) is 14.4. The quantitative estimate of drug-likeness (QED) is 0.0363. The van der Waals surface area contributed by atoms with Gasteiger partial charge in [0.2, 0.25) is 10.4 Å². The molecule has 1 unspecified atom stereocenters. The van der Waals surface area contributed by atoms with E-state index in [-0.39, 0.29) is 11.9 Å². The minimum absolute atomic E-state index is 0.136. The standard InChI is InChI=1S/C46H50O10S2/c47-58(48,49)56-40-32-54-46(39-24-14-5-15-25-39)55-41(40)33-57-34-42(51-29-36-18-8-2-9-19-36)44(52-30-37-20-10-3-11-21-37)45(53-31-38-22-12-4-13-23-38)43(57)26-27-50-28-35-16-6-1-7-17-35/h1-25,40-46H,26-34H2/t40-,41+,42-,43+,44+,45+,46-,57?/m1/s1. The number of ether oxygens (including phenoxy) is 6. The van der Waals surface area contributed by atoms with Crippen molar-refractivity contribution in [1.82, 2.24) is 0 Å². The molecule has 0 amide bonds. The molecule has 2 heterocycles. The van der Waals surface area contributed by atoms with E-state index in [1.54, 1.807) is 0 Å². The summed E-state index contributed by atoms with van der Waals surface area (Å²) in [7, 11) is -5.64. The Bertz CT molecular complexity index is 2030. The highest BCUT2D eigenvalue weighted by Crippen LogP contribution is 2.37. The molecule has 2 aliphatic rings. The first-order chi connectivity index (χ1) is 28.4. The van der Waals surface area contributed by atoms with Crippen LogP contribution in [0.2, 0.25) is 0 Å². The van der Waals surface area contributed by atoms with Gasteiger partial charge in [-0.15, -0.1) is 0 Å². The van der Waals surface area contributed by atoms with Gasteiger partial charge < -0.3 is 33.0 Å². The van der Waals surface area contributed by atoms with Gasteiger partial charge in [-0.25, -0.2) is 8.42 Å². The van der Waals surface area contributed by atoms with Crippen LogP contribution in [0.25, 0.3) is 0 Å². The molecule has 2 fully saturated rings. The van der Waals surface area contributed by atoms with Crippen LogP contribution in [0.1, 0.15) is 40.5 Å². The third kappa shape index (κ3) is 12.5. The molecule has 0 N–H and O–H groups in total. The molecule has 0 bridgehead atoms. The number of benzene rings is 5. The van der Waals surface area contributed by atoms with Crippen molar-refractivity contribution < 1.29 is 45.6 Å². The Kier molecular flexibility index (Phi) is 15.6. The summed E-state index contributed by atoms with van der Waals surface area (Å²) in [6.45, 7) is 1.79. The molecule has 5 aromatic rings. The van der Waals surface area contributed by atoms with Gasteiger partial charge in [-0.3, -0.25) is 4.18 Å². The Morgan fingerprint density at radius 1 is 0.603 bits per heavy atom. The Hall–Kier alpha value is -3.92. The molecule has 0 radical (unpaired) electrons. The van der Waals surface area contributed by atoms with E-state index in [4.69, 9.17) is 32.6 Å². The largest absolute Gasteiger partial charge is 0.726 e. The summed E-state index contributed by atoms with van der Waals surface area (Å²) in [4.78, 5) is 0. The molecule has 0 saturated carbocycles. The van der Waals surface area contributed by atoms with Gasteiger partial charge in [0, 0.05) is 12.0 Å². The van der Waals surface area contributed by atoms with Crippen LogP contribution in [-0.4, -0.2) is 73.5 Å². The first kappa shape index (κ1) is 42.2. The molecule has 2 saturated heterocycles. The van der Waals surface area contributed by atoms with Crippen LogP contribution in [-0.2, 0) is 80.3 Å². The monoisotopic (exact) mass is 826 g/mol. The highest BCUT2D eigenvalue weighted by molar-refractivity contribution is 7.97. The fourth-order valence-corrected chi connectivity index (χ4v) is 10.9. The maximum Gasteiger partial charge on any atom is 0.218 e. The molecule has 0 aromatic heterocycles. The SMILES string of the molecule is O=S(=O)([O-])O[C@@H]1CO[C@@H](c2ccccc2)O[C@H]1C[S+]1C[C@@H](OCc2ccccc2)[C@H](OCc2ccccc2)[C@@H](OCc2ccccc2)[C@@H]1CCOCc1ccccc1. The Morgan fingerprint density at radius 2 is 1.09 bits per heavy atom. The predicted molar refractivity (Wildman–Crippen MR) is 221 cm³/mol. The van der Waals surface area contributed by atoms with Crippen molar-refractivity contribution in [2.75, 3.05) is 24.7 Å². The van der Waals surface area contributed by atoms with E-state index in [1.807, 2.05) is 152 Å². The van der Waals surface area contributed by atoms with Crippen LogP contribution in [0.4, 0.5) is 0 Å². The molecule has 306 valence electrons. The third-order valence-corrected chi connectivity index (χ3v) is 13.6. The summed E-state index contributed by atoms with van der Waals surface area (Å²) < 4.78 is 80.9. The van der Waals surface area contributed by atoms with Gasteiger partial charge in [0.05, 0.1) is 39.6 Å². The van der Waals surface area contributed by atoms with Crippen molar-refractivity contribution in [3.05, 3.63) is 179 Å². The normalized spacial score (nSPS) is 25.0. The molecule has 0 spiro atoms. The zero-order chi connectivity index (χ0) is 40.0. The summed E-state index contributed by atoms with van der Waals surface area (Å²) in [5.74, 6) is 0.923. The van der Waals surface area contributed by atoms with Gasteiger partial charge >= 0.3 is 0 Å². The summed E-state index contributed by atoms with van der Waals surface area (Å²) in [6, 6.07) is 49.6. The summed E-state index contributed by atoms with van der Waals surface area (Å²) >= 11 is 0. The smallest absolute Gasteiger partial charge is 0.218 e. The van der Waals surface area contributed by atoms with Gasteiger partial charge in [-0.05, 0) is 33.1 Å². The van der Waals surface area contributed by atoms with Gasteiger partial charge in [0.1, 0.15) is 47.3 Å². The average Bonchev–Trinajstić information content (AvgIpc) is 3.25. The van der Waals surface area contributed by atoms with Crippen LogP contribution in [0.5, 0.6) is 0 Å². The first-order valence-corrected chi connectivity index (χ1v) is 22.5. The third-order valence-electron chi connectivity index (χ3n) is 10.2. The van der Waals surface area contributed by atoms with E-state index >= 15 is 0 Å². The predicted octanol–water partition coefficient (Wildman–Crippen LogP) is 7.31. The van der Waals surface area contributed by atoms with Crippen LogP contribution in [0, 0.1) is 0 Å². The van der Waals surface area contributed by atoms with Crippen LogP contribution in [0.3, 0.4) is 0 Å². The van der Waals surface area contributed by atoms with Crippen LogP contribution in [0.15, 0.2) is 152 Å². The Balaban J connectivity index is 1.23. The zero-order valence-corrected chi connectivity index (χ0v) is 33.9. The van der Waals surface area contributed by atoms with Gasteiger partial charge in [-0.2, -0.15) is 0 Å². The lowest BCUT2D eigenvalue weighted by Crippen LogP contribution is -2.61. The van der Waals surface area contributed by atoms with Crippen molar-refractivity contribution in [2.45, 2.75) is 74.9 Å². The minimum atomic E-state index is -5.08. The van der Waals surface area contributed by atoms with Crippen molar-refractivity contribution in [1.29, 1.82) is 0 Å². The number of hydrogen-bond acceptors (Lipinski definition) is 10. The molecule has 12 heteroatoms. The minimum Gasteiger partial charge on any atom is -0.726 e. The summed E-state index contributed by atoms with van der Waals surface area (Å²) in [5.41, 5.74) is 4.91. The summed E-state index contributed by atoms with van der Waals surface area (Å²) in [5, 5.41) is -0.136. The van der Waals surface area contributed by atoms with Crippen molar-refractivity contribution in [3.8, 4) is 0 Å². The maximum atomic E-state index is 12.1. The van der Waals surface area contributed by atoms with Crippen molar-refractivity contribution in [3.63, 3.8) is 0 Å². The zero-order valence-electron chi connectivity index (χ0n) is 32.2. The highest BCUT2D eigenvalue weighted by atomic mass is 32.3. The second kappa shape index (κ2) is 21.4. The highest BCUT2D eigenvalue weighted by Gasteiger charge is 2.55. The Labute approximate surface area is 344 Å². The fraction of sp³-hybridized carbons (Fsp3) is 0.348. The lowest BCUT2D eigenvalue weighted by Gasteiger charge is -2.43. The molecular formula is C46H50O10S2. The maximum absolute atomic E-state index is 12.1. The number of rotatable bonds is 19. The first-order valence-electron chi connectivity index (χ1n) is 19.6. The van der Waals surface area contributed by atoms with E-state index in [9.17, 15) is 13.0 Å². The van der Waals surface area contributed by atoms with Gasteiger partial charge in [0.15, 0.2) is 6.29 Å². The number of hydrogen-bond donors (Lipinski definition) is 0. The van der Waals surface area contributed by atoms with Crippen molar-refractivity contribution in [2.24, 2.45) is 0 Å². The molecule has 58 heavy (non-hydrogen) atoms. The second-order valence-corrected chi connectivity index (χ2v) is 17.7. The Morgan fingerprint density at radius 3 is 1.62 bits per heavy atom. The molecular weight excluding hydrogens is 777 g/mol. The molecule has 7 rings (SSSR count). The van der Waals surface area contributed by atoms with Gasteiger partial charge in [-0.1, -0.05) is 152 Å². The van der Waals surface area contributed by atoms with Crippen molar-refractivity contribution >= 4 is 21.3 Å². The van der Waals surface area contributed by atoms with Crippen LogP contribution >= 0.6 is 0 Å². The topological polar surface area (TPSA) is 122 Å². The molecule has 2 aliphatic heterocycles. The fourth-order valence-electron chi connectivity index (χ4n) is 7.35. The average molecular weight is 827 g/mol. The van der Waals surface area contributed by atoms with E-state index in [2.05, 4.69) is 0 Å². The lowest BCUT2D eigenvalue weighted by atomic mass is 10.0. The molecule has 0 aliphatic carbocycles. The van der Waals surface area contributed by atoms with E-state index < -0.39 is 58.1 Å². The van der Waals surface area contributed by atoms with E-state index in [1.165, 1.54) is 0 Å². The molecule has 8 atom stereocenters. The molecule has 10 nitrogen and oxygen atoms in total. The van der Waals surface area contributed by atoms with Gasteiger partial charge in [0.25, 0.3) is 0 Å². The van der Waals surface area contributed by atoms with E-state index in [0.29, 0.717) is 51.0 Å². The molecule has 5 aromatic carbocycles. The summed E-state index contributed by atoms with van der Waals surface area (Å²) in [6.07, 6.45) is -3.47. The van der Waals surface area contributed by atoms with E-state index in [0.717, 1.165) is 27.8 Å².